The second-order valence-corrected chi connectivity index (χ2v) is 4.83. The molecule has 0 unspecified atom stereocenters. The van der Waals surface area contributed by atoms with Gasteiger partial charge < -0.3 is 10.0 Å². The van der Waals surface area contributed by atoms with E-state index in [2.05, 4.69) is 4.98 Å². The highest BCUT2D eigenvalue weighted by molar-refractivity contribution is 5.76. The summed E-state index contributed by atoms with van der Waals surface area (Å²) in [4.78, 5) is 29.3. The zero-order chi connectivity index (χ0) is 15.1. The SMILES string of the molecule is CCCN(CCO)C(=O)CCn1c(C)cc(C)nc1=O. The minimum Gasteiger partial charge on any atom is -0.395 e. The first-order chi connectivity index (χ1) is 9.49. The number of hydrogen-bond donors (Lipinski definition) is 1. The van der Waals surface area contributed by atoms with E-state index >= 15 is 0 Å². The van der Waals surface area contributed by atoms with E-state index in [1.54, 1.807) is 11.8 Å². The summed E-state index contributed by atoms with van der Waals surface area (Å²) < 4.78 is 1.51. The fraction of sp³-hybridized carbons (Fsp3) is 0.643. The van der Waals surface area contributed by atoms with E-state index in [1.165, 1.54) is 4.57 Å². The maximum absolute atomic E-state index is 12.1. The van der Waals surface area contributed by atoms with Gasteiger partial charge in [0.15, 0.2) is 0 Å². The predicted molar refractivity (Wildman–Crippen MR) is 76.5 cm³/mol. The number of aryl methyl sites for hydroxylation is 2. The first-order valence-corrected chi connectivity index (χ1v) is 6.93. The largest absolute Gasteiger partial charge is 0.395 e. The van der Waals surface area contributed by atoms with Gasteiger partial charge in [-0.2, -0.15) is 4.98 Å². The van der Waals surface area contributed by atoms with Gasteiger partial charge in [0.05, 0.1) is 6.61 Å². The molecule has 6 nitrogen and oxygen atoms in total. The lowest BCUT2D eigenvalue weighted by Gasteiger charge is -2.21. The van der Waals surface area contributed by atoms with E-state index < -0.39 is 0 Å². The topological polar surface area (TPSA) is 75.4 Å². The van der Waals surface area contributed by atoms with Crippen molar-refractivity contribution in [3.8, 4) is 0 Å². The van der Waals surface area contributed by atoms with Crippen LogP contribution in [0.3, 0.4) is 0 Å². The summed E-state index contributed by atoms with van der Waals surface area (Å²) in [5.74, 6) is -0.0484. The molecule has 0 aliphatic carbocycles. The molecule has 0 bridgehead atoms. The van der Waals surface area contributed by atoms with Crippen LogP contribution >= 0.6 is 0 Å². The molecule has 6 heteroatoms. The molecule has 1 aromatic rings. The van der Waals surface area contributed by atoms with E-state index in [4.69, 9.17) is 5.11 Å². The second-order valence-electron chi connectivity index (χ2n) is 4.83. The fourth-order valence-corrected chi connectivity index (χ4v) is 2.16. The number of rotatable bonds is 7. The first kappa shape index (κ1) is 16.4. The summed E-state index contributed by atoms with van der Waals surface area (Å²) in [7, 11) is 0. The standard InChI is InChI=1S/C14H23N3O3/c1-4-6-16(8-9-18)13(19)5-7-17-12(3)10-11(2)15-14(17)20/h10,18H,4-9H2,1-3H3. The van der Waals surface area contributed by atoms with Crippen LogP contribution in [0.5, 0.6) is 0 Å². The molecule has 0 atom stereocenters. The Hall–Kier alpha value is -1.69. The molecule has 0 aliphatic heterocycles. The van der Waals surface area contributed by atoms with Crippen LogP contribution in [0, 0.1) is 13.8 Å². The smallest absolute Gasteiger partial charge is 0.347 e. The number of carbonyl (C=O) groups excluding carboxylic acids is 1. The molecule has 0 radical (unpaired) electrons. The second kappa shape index (κ2) is 7.79. The van der Waals surface area contributed by atoms with E-state index in [0.29, 0.717) is 25.3 Å². The van der Waals surface area contributed by atoms with Crippen molar-refractivity contribution in [3.05, 3.63) is 27.9 Å². The Morgan fingerprint density at radius 3 is 2.65 bits per heavy atom. The zero-order valence-electron chi connectivity index (χ0n) is 12.4. The Bertz CT molecular complexity index is 505. The maximum atomic E-state index is 12.1. The van der Waals surface area contributed by atoms with E-state index in [0.717, 1.165) is 12.1 Å². The summed E-state index contributed by atoms with van der Waals surface area (Å²) >= 11 is 0. The lowest BCUT2D eigenvalue weighted by atomic mass is 10.3. The predicted octanol–water partition coefficient (Wildman–Crippen LogP) is 0.481. The quantitative estimate of drug-likeness (QED) is 0.789. The van der Waals surface area contributed by atoms with Gasteiger partial charge in [0, 0.05) is 37.4 Å². The molecule has 0 saturated heterocycles. The van der Waals surface area contributed by atoms with Gasteiger partial charge in [0.2, 0.25) is 5.91 Å². The average Bonchev–Trinajstić information content (AvgIpc) is 2.37. The summed E-state index contributed by atoms with van der Waals surface area (Å²) in [5, 5.41) is 8.96. The van der Waals surface area contributed by atoms with Crippen LogP contribution in [0.15, 0.2) is 10.9 Å². The lowest BCUT2D eigenvalue weighted by molar-refractivity contribution is -0.132. The van der Waals surface area contributed by atoms with Gasteiger partial charge in [-0.1, -0.05) is 6.92 Å². The van der Waals surface area contributed by atoms with Crippen molar-refractivity contribution in [1.29, 1.82) is 0 Å². The summed E-state index contributed by atoms with van der Waals surface area (Å²) in [6, 6.07) is 1.82. The lowest BCUT2D eigenvalue weighted by Crippen LogP contribution is -2.36. The number of aromatic nitrogens is 2. The third kappa shape index (κ3) is 4.45. The molecular formula is C14H23N3O3. The van der Waals surface area contributed by atoms with E-state index in [9.17, 15) is 9.59 Å². The van der Waals surface area contributed by atoms with E-state index in [-0.39, 0.29) is 24.6 Å². The van der Waals surface area contributed by atoms with Crippen LogP contribution in [0.1, 0.15) is 31.2 Å². The van der Waals surface area contributed by atoms with Gasteiger partial charge in [0.1, 0.15) is 0 Å². The summed E-state index contributed by atoms with van der Waals surface area (Å²) in [5.41, 5.74) is 1.17. The molecule has 0 saturated carbocycles. The van der Waals surface area contributed by atoms with Crippen LogP contribution in [0.2, 0.25) is 0 Å². The van der Waals surface area contributed by atoms with Crippen molar-refractivity contribution in [1.82, 2.24) is 14.5 Å². The molecule has 1 heterocycles. The fourth-order valence-electron chi connectivity index (χ4n) is 2.16. The van der Waals surface area contributed by atoms with Crippen molar-refractivity contribution in [2.24, 2.45) is 0 Å². The number of aliphatic hydroxyl groups is 1. The summed E-state index contributed by atoms with van der Waals surface area (Å²) in [6.07, 6.45) is 1.09. The third-order valence-corrected chi connectivity index (χ3v) is 3.11. The van der Waals surface area contributed by atoms with E-state index in [1.807, 2.05) is 19.9 Å². The molecule has 0 aliphatic rings. The van der Waals surface area contributed by atoms with Crippen LogP contribution in [-0.4, -0.2) is 45.2 Å². The Kier molecular flexibility index (Phi) is 6.38. The molecule has 1 amide bonds. The molecular weight excluding hydrogens is 258 g/mol. The number of amides is 1. The van der Waals surface area contributed by atoms with Crippen molar-refractivity contribution in [2.45, 2.75) is 40.2 Å². The Balaban J connectivity index is 2.71. The van der Waals surface area contributed by atoms with Gasteiger partial charge in [-0.3, -0.25) is 9.36 Å². The van der Waals surface area contributed by atoms with Crippen molar-refractivity contribution in [2.75, 3.05) is 19.7 Å². The van der Waals surface area contributed by atoms with Gasteiger partial charge >= 0.3 is 5.69 Å². The minimum absolute atomic E-state index is 0.0448. The highest BCUT2D eigenvalue weighted by Crippen LogP contribution is 2.01. The average molecular weight is 281 g/mol. The van der Waals surface area contributed by atoms with Gasteiger partial charge in [-0.25, -0.2) is 4.79 Å². The Morgan fingerprint density at radius 2 is 2.10 bits per heavy atom. The molecule has 112 valence electrons. The monoisotopic (exact) mass is 281 g/mol. The number of aliphatic hydroxyl groups excluding tert-OH is 1. The highest BCUT2D eigenvalue weighted by atomic mass is 16.3. The maximum Gasteiger partial charge on any atom is 0.347 e. The first-order valence-electron chi connectivity index (χ1n) is 6.93. The van der Waals surface area contributed by atoms with Crippen molar-refractivity contribution < 1.29 is 9.90 Å². The number of nitrogens with zero attached hydrogens (tertiary/aromatic N) is 3. The van der Waals surface area contributed by atoms with Gasteiger partial charge in [-0.05, 0) is 26.3 Å². The zero-order valence-corrected chi connectivity index (χ0v) is 12.4. The molecule has 1 aromatic heterocycles. The van der Waals surface area contributed by atoms with Gasteiger partial charge in [-0.15, -0.1) is 0 Å². The van der Waals surface area contributed by atoms with Crippen LogP contribution in [-0.2, 0) is 11.3 Å². The molecule has 0 aromatic carbocycles. The molecule has 20 heavy (non-hydrogen) atoms. The normalized spacial score (nSPS) is 10.6. The van der Waals surface area contributed by atoms with Crippen molar-refractivity contribution >= 4 is 5.91 Å². The van der Waals surface area contributed by atoms with Crippen molar-refractivity contribution in [3.63, 3.8) is 0 Å². The molecule has 0 spiro atoms. The third-order valence-electron chi connectivity index (χ3n) is 3.11. The van der Waals surface area contributed by atoms with Gasteiger partial charge in [0.25, 0.3) is 0 Å². The Morgan fingerprint density at radius 1 is 1.40 bits per heavy atom. The molecule has 1 N–H and O–H groups in total. The highest BCUT2D eigenvalue weighted by Gasteiger charge is 2.13. The molecule has 0 fully saturated rings. The summed E-state index contributed by atoms with van der Waals surface area (Å²) in [6.45, 7) is 6.83. The van der Waals surface area contributed by atoms with Crippen LogP contribution in [0.4, 0.5) is 0 Å². The minimum atomic E-state index is -0.320. The molecule has 1 rings (SSSR count). The van der Waals surface area contributed by atoms with Crippen LogP contribution < -0.4 is 5.69 Å². The Labute approximate surface area is 119 Å². The number of hydrogen-bond acceptors (Lipinski definition) is 4. The van der Waals surface area contributed by atoms with Crippen LogP contribution in [0.25, 0.3) is 0 Å². The number of carbonyl (C=O) groups is 1.